The van der Waals surface area contributed by atoms with E-state index in [2.05, 4.69) is 24.0 Å². The van der Waals surface area contributed by atoms with Crippen molar-refractivity contribution in [3.8, 4) is 0 Å². The quantitative estimate of drug-likeness (QED) is 0.662. The van der Waals surface area contributed by atoms with Crippen LogP contribution in [0.1, 0.15) is 39.0 Å². The Balaban J connectivity index is 1.85. The van der Waals surface area contributed by atoms with E-state index in [0.29, 0.717) is 12.1 Å². The monoisotopic (exact) mass is 209 g/mol. The second kappa shape index (κ2) is 5.66. The van der Waals surface area contributed by atoms with Gasteiger partial charge >= 0.3 is 0 Å². The van der Waals surface area contributed by atoms with Crippen LogP contribution in [0.3, 0.4) is 0 Å². The van der Waals surface area contributed by atoms with Crippen molar-refractivity contribution < 1.29 is 4.74 Å². The molecule has 15 heavy (non-hydrogen) atoms. The van der Waals surface area contributed by atoms with E-state index in [4.69, 9.17) is 4.74 Å². The second-order valence-corrected chi connectivity index (χ2v) is 4.64. The standard InChI is InChI=1S/C13H23NO/c1-2-15-13-9-6-10-14(11-13)12-7-4-3-5-8-12/h4,7,12-13H,2-3,5-6,8-11H2,1H3. The zero-order valence-electron chi connectivity index (χ0n) is 9.82. The number of likely N-dealkylation sites (tertiary alicyclic amines) is 1. The number of rotatable bonds is 3. The van der Waals surface area contributed by atoms with Crippen molar-refractivity contribution in [2.45, 2.75) is 51.2 Å². The van der Waals surface area contributed by atoms with Crippen molar-refractivity contribution in [1.29, 1.82) is 0 Å². The minimum absolute atomic E-state index is 0.485. The van der Waals surface area contributed by atoms with Crippen LogP contribution in [-0.2, 0) is 4.74 Å². The molecule has 1 fully saturated rings. The SMILES string of the molecule is CCOC1CCCN(C2C=CCCC2)C1. The number of piperidine rings is 1. The van der Waals surface area contributed by atoms with Crippen LogP contribution in [0.2, 0.25) is 0 Å². The Morgan fingerprint density at radius 3 is 3.00 bits per heavy atom. The molecule has 0 radical (unpaired) electrons. The summed E-state index contributed by atoms with van der Waals surface area (Å²) in [5, 5.41) is 0. The average molecular weight is 209 g/mol. The normalized spacial score (nSPS) is 33.1. The lowest BCUT2D eigenvalue weighted by Gasteiger charge is -2.37. The highest BCUT2D eigenvalue weighted by Crippen LogP contribution is 2.21. The number of hydrogen-bond donors (Lipinski definition) is 0. The molecule has 86 valence electrons. The molecule has 2 atom stereocenters. The van der Waals surface area contributed by atoms with E-state index in [1.807, 2.05) is 0 Å². The molecule has 1 saturated heterocycles. The maximum atomic E-state index is 5.74. The maximum absolute atomic E-state index is 5.74. The molecule has 1 heterocycles. The van der Waals surface area contributed by atoms with Gasteiger partial charge < -0.3 is 4.74 Å². The molecule has 0 bridgehead atoms. The van der Waals surface area contributed by atoms with Crippen LogP contribution in [0.5, 0.6) is 0 Å². The summed E-state index contributed by atoms with van der Waals surface area (Å²) < 4.78 is 5.74. The Hall–Kier alpha value is -0.340. The van der Waals surface area contributed by atoms with Crippen molar-refractivity contribution in [3.05, 3.63) is 12.2 Å². The van der Waals surface area contributed by atoms with Gasteiger partial charge in [0.1, 0.15) is 0 Å². The summed E-state index contributed by atoms with van der Waals surface area (Å²) in [5.41, 5.74) is 0. The van der Waals surface area contributed by atoms with Crippen LogP contribution in [0.25, 0.3) is 0 Å². The highest BCUT2D eigenvalue weighted by atomic mass is 16.5. The third-order valence-electron chi connectivity index (χ3n) is 3.51. The second-order valence-electron chi connectivity index (χ2n) is 4.64. The first-order valence-electron chi connectivity index (χ1n) is 6.42. The Labute approximate surface area is 93.3 Å². The molecule has 0 saturated carbocycles. The molecule has 1 aliphatic carbocycles. The van der Waals surface area contributed by atoms with E-state index in [1.165, 1.54) is 38.6 Å². The summed E-state index contributed by atoms with van der Waals surface area (Å²) in [6, 6.07) is 0.696. The minimum atomic E-state index is 0.485. The summed E-state index contributed by atoms with van der Waals surface area (Å²) in [7, 11) is 0. The fraction of sp³-hybridized carbons (Fsp3) is 0.846. The zero-order chi connectivity index (χ0) is 10.5. The number of allylic oxidation sites excluding steroid dienone is 1. The van der Waals surface area contributed by atoms with E-state index in [9.17, 15) is 0 Å². The Bertz CT molecular complexity index is 213. The smallest absolute Gasteiger partial charge is 0.0702 e. The van der Waals surface area contributed by atoms with Crippen molar-refractivity contribution in [1.82, 2.24) is 4.90 Å². The molecule has 0 aromatic heterocycles. The molecule has 1 aliphatic heterocycles. The Morgan fingerprint density at radius 2 is 2.27 bits per heavy atom. The van der Waals surface area contributed by atoms with Gasteiger partial charge in [-0.3, -0.25) is 4.90 Å². The van der Waals surface area contributed by atoms with E-state index >= 15 is 0 Å². The molecule has 0 spiro atoms. The predicted octanol–water partition coefficient (Wildman–Crippen LogP) is 2.60. The first-order chi connectivity index (χ1) is 7.40. The van der Waals surface area contributed by atoms with Crippen LogP contribution in [0.15, 0.2) is 12.2 Å². The molecular weight excluding hydrogens is 186 g/mol. The van der Waals surface area contributed by atoms with E-state index in [-0.39, 0.29) is 0 Å². The van der Waals surface area contributed by atoms with Gasteiger partial charge in [0.15, 0.2) is 0 Å². The lowest BCUT2D eigenvalue weighted by molar-refractivity contribution is -0.00307. The van der Waals surface area contributed by atoms with Crippen molar-refractivity contribution in [2.24, 2.45) is 0 Å². The molecule has 2 rings (SSSR count). The van der Waals surface area contributed by atoms with Crippen molar-refractivity contribution >= 4 is 0 Å². The fourth-order valence-corrected chi connectivity index (χ4v) is 2.74. The van der Waals surface area contributed by atoms with Gasteiger partial charge in [0.25, 0.3) is 0 Å². The molecule has 0 amide bonds. The van der Waals surface area contributed by atoms with E-state index in [1.54, 1.807) is 0 Å². The van der Waals surface area contributed by atoms with Gasteiger partial charge in [0.2, 0.25) is 0 Å². The molecule has 2 unspecified atom stereocenters. The number of nitrogens with zero attached hydrogens (tertiary/aromatic N) is 1. The summed E-state index contributed by atoms with van der Waals surface area (Å²) in [6.45, 7) is 5.36. The summed E-state index contributed by atoms with van der Waals surface area (Å²) in [5.74, 6) is 0. The Kier molecular flexibility index (Phi) is 4.21. The maximum Gasteiger partial charge on any atom is 0.0702 e. The number of hydrogen-bond acceptors (Lipinski definition) is 2. The summed E-state index contributed by atoms with van der Waals surface area (Å²) in [6.07, 6.45) is 11.8. The number of ether oxygens (including phenoxy) is 1. The van der Waals surface area contributed by atoms with Gasteiger partial charge in [0, 0.05) is 19.2 Å². The van der Waals surface area contributed by atoms with Crippen LogP contribution in [0, 0.1) is 0 Å². The third-order valence-corrected chi connectivity index (χ3v) is 3.51. The first-order valence-corrected chi connectivity index (χ1v) is 6.42. The lowest BCUT2D eigenvalue weighted by Crippen LogP contribution is -2.45. The topological polar surface area (TPSA) is 12.5 Å². The summed E-state index contributed by atoms with van der Waals surface area (Å²) >= 11 is 0. The van der Waals surface area contributed by atoms with Gasteiger partial charge in [-0.1, -0.05) is 12.2 Å². The van der Waals surface area contributed by atoms with Gasteiger partial charge in [-0.15, -0.1) is 0 Å². The van der Waals surface area contributed by atoms with Crippen LogP contribution in [0.4, 0.5) is 0 Å². The molecule has 2 heteroatoms. The molecule has 2 nitrogen and oxygen atoms in total. The highest BCUT2D eigenvalue weighted by Gasteiger charge is 2.25. The van der Waals surface area contributed by atoms with E-state index < -0.39 is 0 Å². The van der Waals surface area contributed by atoms with E-state index in [0.717, 1.165) is 13.2 Å². The van der Waals surface area contributed by atoms with Gasteiger partial charge in [-0.2, -0.15) is 0 Å². The van der Waals surface area contributed by atoms with Gasteiger partial charge in [0.05, 0.1) is 6.10 Å². The largest absolute Gasteiger partial charge is 0.377 e. The molecular formula is C13H23NO. The van der Waals surface area contributed by atoms with Crippen molar-refractivity contribution in [2.75, 3.05) is 19.7 Å². The highest BCUT2D eigenvalue weighted by molar-refractivity contribution is 4.99. The Morgan fingerprint density at radius 1 is 1.33 bits per heavy atom. The van der Waals surface area contributed by atoms with Crippen LogP contribution < -0.4 is 0 Å². The third kappa shape index (κ3) is 3.05. The predicted molar refractivity (Wildman–Crippen MR) is 63.0 cm³/mol. The zero-order valence-corrected chi connectivity index (χ0v) is 9.82. The average Bonchev–Trinajstić information content (AvgIpc) is 2.31. The minimum Gasteiger partial charge on any atom is -0.377 e. The lowest BCUT2D eigenvalue weighted by atomic mass is 9.98. The van der Waals surface area contributed by atoms with Gasteiger partial charge in [-0.25, -0.2) is 0 Å². The molecule has 0 aromatic rings. The fourth-order valence-electron chi connectivity index (χ4n) is 2.74. The molecule has 2 aliphatic rings. The molecule has 0 aromatic carbocycles. The summed E-state index contributed by atoms with van der Waals surface area (Å²) in [4.78, 5) is 2.61. The van der Waals surface area contributed by atoms with Crippen LogP contribution >= 0.6 is 0 Å². The van der Waals surface area contributed by atoms with Crippen molar-refractivity contribution in [3.63, 3.8) is 0 Å². The van der Waals surface area contributed by atoms with Gasteiger partial charge in [-0.05, 0) is 45.6 Å². The van der Waals surface area contributed by atoms with Crippen LogP contribution in [-0.4, -0.2) is 36.7 Å². The molecule has 0 N–H and O–H groups in total. The first kappa shape index (κ1) is 11.2.